The Kier molecular flexibility index (Phi) is 4.13. The SMILES string of the molecule is O=C(O)C(NCc1cccs1)c1ccc(O)c(F)c1. The van der Waals surface area contributed by atoms with Crippen LogP contribution >= 0.6 is 11.3 Å². The molecule has 0 aliphatic carbocycles. The quantitative estimate of drug-likeness (QED) is 0.787. The van der Waals surface area contributed by atoms with Crippen molar-refractivity contribution in [2.75, 3.05) is 0 Å². The lowest BCUT2D eigenvalue weighted by molar-refractivity contribution is -0.139. The zero-order valence-electron chi connectivity index (χ0n) is 9.84. The fraction of sp³-hybridized carbons (Fsp3) is 0.154. The van der Waals surface area contributed by atoms with Crippen LogP contribution in [0.25, 0.3) is 0 Å². The van der Waals surface area contributed by atoms with E-state index in [0.717, 1.165) is 17.0 Å². The van der Waals surface area contributed by atoms with E-state index in [0.29, 0.717) is 6.54 Å². The zero-order valence-corrected chi connectivity index (χ0v) is 10.7. The van der Waals surface area contributed by atoms with Gasteiger partial charge in [0.15, 0.2) is 11.6 Å². The van der Waals surface area contributed by atoms with E-state index in [2.05, 4.69) is 5.32 Å². The number of phenols is 1. The second kappa shape index (κ2) is 5.81. The summed E-state index contributed by atoms with van der Waals surface area (Å²) < 4.78 is 13.2. The third-order valence-corrected chi connectivity index (χ3v) is 3.49. The molecule has 100 valence electrons. The summed E-state index contributed by atoms with van der Waals surface area (Å²) in [5.74, 6) is -2.42. The predicted octanol–water partition coefficient (Wildman–Crippen LogP) is 2.51. The largest absolute Gasteiger partial charge is 0.505 e. The van der Waals surface area contributed by atoms with Gasteiger partial charge >= 0.3 is 5.97 Å². The Bertz CT molecular complexity index is 571. The molecule has 0 saturated heterocycles. The van der Waals surface area contributed by atoms with E-state index in [-0.39, 0.29) is 5.56 Å². The molecule has 0 aliphatic rings. The van der Waals surface area contributed by atoms with Gasteiger partial charge in [0.2, 0.25) is 0 Å². The lowest BCUT2D eigenvalue weighted by Gasteiger charge is -2.14. The van der Waals surface area contributed by atoms with Crippen molar-refractivity contribution in [3.8, 4) is 5.75 Å². The van der Waals surface area contributed by atoms with Crippen molar-refractivity contribution in [2.24, 2.45) is 0 Å². The molecule has 19 heavy (non-hydrogen) atoms. The molecule has 1 unspecified atom stereocenters. The molecule has 0 radical (unpaired) electrons. The molecule has 1 heterocycles. The van der Waals surface area contributed by atoms with Gasteiger partial charge in [0.25, 0.3) is 0 Å². The summed E-state index contributed by atoms with van der Waals surface area (Å²) >= 11 is 1.51. The summed E-state index contributed by atoms with van der Waals surface area (Å²) in [6.07, 6.45) is 0. The van der Waals surface area contributed by atoms with Crippen molar-refractivity contribution in [1.29, 1.82) is 0 Å². The first-order chi connectivity index (χ1) is 9.08. The fourth-order valence-corrected chi connectivity index (χ4v) is 2.32. The summed E-state index contributed by atoms with van der Waals surface area (Å²) in [5, 5.41) is 23.0. The Labute approximate surface area is 113 Å². The minimum Gasteiger partial charge on any atom is -0.505 e. The number of rotatable bonds is 5. The molecule has 0 saturated carbocycles. The summed E-state index contributed by atoms with van der Waals surface area (Å²) in [7, 11) is 0. The molecular formula is C13H12FNO3S. The number of nitrogens with one attached hydrogen (secondary N) is 1. The van der Waals surface area contributed by atoms with Gasteiger partial charge in [0.1, 0.15) is 6.04 Å². The van der Waals surface area contributed by atoms with Crippen molar-refractivity contribution in [2.45, 2.75) is 12.6 Å². The Hall–Kier alpha value is -1.92. The van der Waals surface area contributed by atoms with Gasteiger partial charge in [0, 0.05) is 11.4 Å². The highest BCUT2D eigenvalue weighted by Gasteiger charge is 2.20. The number of hydrogen-bond donors (Lipinski definition) is 3. The summed E-state index contributed by atoms with van der Waals surface area (Å²) in [4.78, 5) is 12.2. The van der Waals surface area contributed by atoms with E-state index in [1.165, 1.54) is 17.4 Å². The monoisotopic (exact) mass is 281 g/mol. The molecule has 0 fully saturated rings. The van der Waals surface area contributed by atoms with Gasteiger partial charge < -0.3 is 10.2 Å². The number of aromatic hydroxyl groups is 1. The van der Waals surface area contributed by atoms with Crippen molar-refractivity contribution in [3.05, 3.63) is 52.0 Å². The number of carboxylic acid groups (broad SMARTS) is 1. The first-order valence-electron chi connectivity index (χ1n) is 5.55. The lowest BCUT2D eigenvalue weighted by atomic mass is 10.1. The molecule has 0 bridgehead atoms. The number of aliphatic carboxylic acids is 1. The van der Waals surface area contributed by atoms with Crippen molar-refractivity contribution < 1.29 is 19.4 Å². The average molecular weight is 281 g/mol. The van der Waals surface area contributed by atoms with Crippen molar-refractivity contribution >= 4 is 17.3 Å². The number of phenolic OH excluding ortho intramolecular Hbond substituents is 1. The first kappa shape index (κ1) is 13.5. The number of thiophene rings is 1. The van der Waals surface area contributed by atoms with Crippen LogP contribution in [-0.4, -0.2) is 16.2 Å². The normalized spacial score (nSPS) is 12.3. The number of carbonyl (C=O) groups is 1. The molecule has 4 nitrogen and oxygen atoms in total. The third kappa shape index (κ3) is 3.30. The molecule has 6 heteroatoms. The van der Waals surface area contributed by atoms with Crippen LogP contribution < -0.4 is 5.32 Å². The Morgan fingerprint density at radius 1 is 1.42 bits per heavy atom. The average Bonchev–Trinajstić information content (AvgIpc) is 2.86. The molecule has 0 spiro atoms. The number of benzene rings is 1. The molecule has 2 aromatic rings. The minimum atomic E-state index is -1.10. The first-order valence-corrected chi connectivity index (χ1v) is 6.43. The lowest BCUT2D eigenvalue weighted by Crippen LogP contribution is -2.27. The highest BCUT2D eigenvalue weighted by atomic mass is 32.1. The molecule has 1 aromatic carbocycles. The van der Waals surface area contributed by atoms with Crippen molar-refractivity contribution in [1.82, 2.24) is 5.32 Å². The summed E-state index contributed by atoms with van der Waals surface area (Å²) in [6, 6.07) is 6.30. The maximum atomic E-state index is 13.2. The Balaban J connectivity index is 2.15. The molecule has 0 amide bonds. The van der Waals surface area contributed by atoms with E-state index in [1.807, 2.05) is 17.5 Å². The van der Waals surface area contributed by atoms with Gasteiger partial charge in [0.05, 0.1) is 0 Å². The molecule has 1 aromatic heterocycles. The second-order valence-electron chi connectivity index (χ2n) is 3.94. The predicted molar refractivity (Wildman–Crippen MR) is 69.6 cm³/mol. The minimum absolute atomic E-state index is 0.263. The van der Waals surface area contributed by atoms with E-state index in [9.17, 15) is 14.3 Å². The standard InChI is InChI=1S/C13H12FNO3S/c14-10-6-8(3-4-11(10)16)12(13(17)18)15-7-9-2-1-5-19-9/h1-6,12,15-16H,7H2,(H,17,18). The maximum Gasteiger partial charge on any atom is 0.325 e. The number of halogens is 1. The maximum absolute atomic E-state index is 13.2. The highest BCUT2D eigenvalue weighted by molar-refractivity contribution is 7.09. The van der Waals surface area contributed by atoms with Crippen LogP contribution in [0.1, 0.15) is 16.5 Å². The van der Waals surface area contributed by atoms with E-state index in [1.54, 1.807) is 0 Å². The van der Waals surface area contributed by atoms with Crippen molar-refractivity contribution in [3.63, 3.8) is 0 Å². The molecule has 1 atom stereocenters. The zero-order chi connectivity index (χ0) is 13.8. The fourth-order valence-electron chi connectivity index (χ4n) is 1.67. The van der Waals surface area contributed by atoms with Crippen LogP contribution in [0.2, 0.25) is 0 Å². The second-order valence-corrected chi connectivity index (χ2v) is 4.97. The van der Waals surface area contributed by atoms with Gasteiger partial charge in [-0.15, -0.1) is 11.3 Å². The third-order valence-electron chi connectivity index (χ3n) is 2.61. The van der Waals surface area contributed by atoms with Crippen LogP contribution in [0.15, 0.2) is 35.7 Å². The topological polar surface area (TPSA) is 69.6 Å². The molecular weight excluding hydrogens is 269 g/mol. The van der Waals surface area contributed by atoms with Gasteiger partial charge in [-0.1, -0.05) is 12.1 Å². The Morgan fingerprint density at radius 3 is 2.79 bits per heavy atom. The van der Waals surface area contributed by atoms with Crippen LogP contribution in [0, 0.1) is 5.82 Å². The van der Waals surface area contributed by atoms with E-state index in [4.69, 9.17) is 5.11 Å². The smallest absolute Gasteiger partial charge is 0.325 e. The number of hydrogen-bond acceptors (Lipinski definition) is 4. The van der Waals surface area contributed by atoms with Crippen LogP contribution in [0.3, 0.4) is 0 Å². The molecule has 3 N–H and O–H groups in total. The molecule has 0 aliphatic heterocycles. The van der Waals surface area contributed by atoms with Gasteiger partial charge in [-0.2, -0.15) is 0 Å². The number of carboxylic acids is 1. The van der Waals surface area contributed by atoms with Gasteiger partial charge in [-0.05, 0) is 29.1 Å². The van der Waals surface area contributed by atoms with Gasteiger partial charge in [-0.25, -0.2) is 4.39 Å². The summed E-state index contributed by atoms with van der Waals surface area (Å²) in [6.45, 7) is 0.386. The summed E-state index contributed by atoms with van der Waals surface area (Å²) in [5.41, 5.74) is 0.263. The molecule has 2 rings (SSSR count). The van der Waals surface area contributed by atoms with E-state index < -0.39 is 23.6 Å². The highest BCUT2D eigenvalue weighted by Crippen LogP contribution is 2.22. The van der Waals surface area contributed by atoms with Gasteiger partial charge in [-0.3, -0.25) is 10.1 Å². The Morgan fingerprint density at radius 2 is 2.21 bits per heavy atom. The van der Waals surface area contributed by atoms with Crippen LogP contribution in [0.5, 0.6) is 5.75 Å². The van der Waals surface area contributed by atoms with Crippen LogP contribution in [-0.2, 0) is 11.3 Å². The van der Waals surface area contributed by atoms with Crippen LogP contribution in [0.4, 0.5) is 4.39 Å². The van der Waals surface area contributed by atoms with E-state index >= 15 is 0 Å².